The molecule has 1 aromatic carbocycles. The minimum absolute atomic E-state index is 0.0388. The molecule has 0 N–H and O–H groups in total. The second-order valence-corrected chi connectivity index (χ2v) is 7.85. The number of nitrogens with zero attached hydrogens (tertiary/aromatic N) is 7. The molecular weight excluding hydrogens is 366 g/mol. The maximum Gasteiger partial charge on any atom is 0.276 e. The first-order chi connectivity index (χ1) is 14.2. The van der Waals surface area contributed by atoms with E-state index in [4.69, 9.17) is 0 Å². The zero-order chi connectivity index (χ0) is 19.8. The van der Waals surface area contributed by atoms with Crippen molar-refractivity contribution in [3.63, 3.8) is 0 Å². The van der Waals surface area contributed by atoms with Gasteiger partial charge in [0.2, 0.25) is 0 Å². The maximum atomic E-state index is 13.4. The van der Waals surface area contributed by atoms with Gasteiger partial charge in [-0.1, -0.05) is 24.6 Å². The highest BCUT2D eigenvalue weighted by Gasteiger charge is 2.36. The summed E-state index contributed by atoms with van der Waals surface area (Å²) in [6.45, 7) is 3.50. The molecule has 0 saturated carbocycles. The summed E-state index contributed by atoms with van der Waals surface area (Å²) in [5.74, 6) is 1.92. The summed E-state index contributed by atoms with van der Waals surface area (Å²) >= 11 is 0. The Morgan fingerprint density at radius 3 is 2.72 bits per heavy atom. The second kappa shape index (κ2) is 7.42. The number of aryl methyl sites for hydroxylation is 2. The molecule has 1 fully saturated rings. The number of fused-ring (bicyclic) bond motifs is 1. The average Bonchev–Trinajstić information content (AvgIpc) is 3.43. The molecule has 2 aliphatic heterocycles. The normalized spacial score (nSPS) is 19.2. The SMILES string of the molecule is Cc1nn(-c2ccccc2)nc1C(=O)N1CCC[C@H]1c1nnc2n1CCCCC2. The molecule has 150 valence electrons. The summed E-state index contributed by atoms with van der Waals surface area (Å²) in [6.07, 6.45) is 6.37. The summed E-state index contributed by atoms with van der Waals surface area (Å²) < 4.78 is 2.25. The van der Waals surface area contributed by atoms with Gasteiger partial charge in [-0.25, -0.2) is 0 Å². The molecule has 0 aliphatic carbocycles. The molecule has 1 saturated heterocycles. The third-order valence-corrected chi connectivity index (χ3v) is 5.92. The number of para-hydroxylation sites is 1. The van der Waals surface area contributed by atoms with Crippen LogP contribution in [0, 0.1) is 6.92 Å². The topological polar surface area (TPSA) is 81.7 Å². The van der Waals surface area contributed by atoms with Crippen molar-refractivity contribution < 1.29 is 4.79 Å². The van der Waals surface area contributed by atoms with Crippen molar-refractivity contribution in [3.8, 4) is 5.69 Å². The maximum absolute atomic E-state index is 13.4. The third kappa shape index (κ3) is 3.22. The van der Waals surface area contributed by atoms with E-state index in [2.05, 4.69) is 25.0 Å². The van der Waals surface area contributed by atoms with Gasteiger partial charge < -0.3 is 9.47 Å². The van der Waals surface area contributed by atoms with Crippen LogP contribution in [0.1, 0.15) is 66.0 Å². The number of hydrogen-bond donors (Lipinski definition) is 0. The zero-order valence-corrected chi connectivity index (χ0v) is 16.7. The Kier molecular flexibility index (Phi) is 4.61. The lowest BCUT2D eigenvalue weighted by atomic mass is 10.2. The predicted molar refractivity (Wildman–Crippen MR) is 107 cm³/mol. The zero-order valence-electron chi connectivity index (χ0n) is 16.7. The molecule has 0 spiro atoms. The van der Waals surface area contributed by atoms with E-state index in [0.717, 1.165) is 56.0 Å². The van der Waals surface area contributed by atoms with Crippen molar-refractivity contribution in [3.05, 3.63) is 53.4 Å². The number of rotatable bonds is 3. The molecule has 8 heteroatoms. The number of likely N-dealkylation sites (tertiary alicyclic amines) is 1. The minimum Gasteiger partial charge on any atom is -0.327 e. The molecule has 8 nitrogen and oxygen atoms in total. The van der Waals surface area contributed by atoms with Crippen LogP contribution in [0.4, 0.5) is 0 Å². The predicted octanol–water partition coefficient (Wildman–Crippen LogP) is 2.87. The second-order valence-electron chi connectivity index (χ2n) is 7.85. The highest BCUT2D eigenvalue weighted by Crippen LogP contribution is 2.33. The van der Waals surface area contributed by atoms with Crippen LogP contribution in [0.2, 0.25) is 0 Å². The Hall–Kier alpha value is -3.03. The van der Waals surface area contributed by atoms with Crippen LogP contribution in [-0.4, -0.2) is 47.1 Å². The van der Waals surface area contributed by atoms with Crippen molar-refractivity contribution in [2.24, 2.45) is 0 Å². The van der Waals surface area contributed by atoms with Crippen molar-refractivity contribution in [2.45, 2.75) is 58.0 Å². The summed E-state index contributed by atoms with van der Waals surface area (Å²) in [5.41, 5.74) is 1.90. The van der Waals surface area contributed by atoms with Crippen molar-refractivity contribution in [1.82, 2.24) is 34.7 Å². The van der Waals surface area contributed by atoms with Gasteiger partial charge in [-0.2, -0.15) is 9.90 Å². The lowest BCUT2D eigenvalue weighted by molar-refractivity contribution is 0.0719. The van der Waals surface area contributed by atoms with E-state index in [0.29, 0.717) is 17.9 Å². The lowest BCUT2D eigenvalue weighted by Gasteiger charge is -2.24. The molecule has 4 heterocycles. The monoisotopic (exact) mass is 391 g/mol. The van der Waals surface area contributed by atoms with E-state index in [1.165, 1.54) is 11.2 Å². The molecule has 1 amide bonds. The van der Waals surface area contributed by atoms with Crippen LogP contribution < -0.4 is 0 Å². The lowest BCUT2D eigenvalue weighted by Crippen LogP contribution is -2.33. The minimum atomic E-state index is -0.0712. The molecule has 0 unspecified atom stereocenters. The van der Waals surface area contributed by atoms with E-state index in [1.807, 2.05) is 42.2 Å². The summed E-state index contributed by atoms with van der Waals surface area (Å²) in [4.78, 5) is 16.9. The van der Waals surface area contributed by atoms with E-state index in [9.17, 15) is 4.79 Å². The fourth-order valence-corrected chi connectivity index (χ4v) is 4.42. The number of hydrogen-bond acceptors (Lipinski definition) is 5. The Morgan fingerprint density at radius 1 is 1.00 bits per heavy atom. The van der Waals surface area contributed by atoms with Gasteiger partial charge in [-0.3, -0.25) is 4.79 Å². The van der Waals surface area contributed by atoms with Gasteiger partial charge in [0.05, 0.1) is 17.4 Å². The highest BCUT2D eigenvalue weighted by atomic mass is 16.2. The molecule has 0 radical (unpaired) electrons. The number of aromatic nitrogens is 6. The number of amides is 1. The van der Waals surface area contributed by atoms with Gasteiger partial charge in [0.1, 0.15) is 5.82 Å². The Balaban J connectivity index is 1.44. The molecule has 2 aliphatic rings. The molecule has 29 heavy (non-hydrogen) atoms. The fraction of sp³-hybridized carbons (Fsp3) is 0.476. The van der Waals surface area contributed by atoms with Gasteiger partial charge in [0.25, 0.3) is 5.91 Å². The van der Waals surface area contributed by atoms with Crippen molar-refractivity contribution in [2.75, 3.05) is 6.54 Å². The van der Waals surface area contributed by atoms with E-state index in [-0.39, 0.29) is 11.9 Å². The van der Waals surface area contributed by atoms with E-state index < -0.39 is 0 Å². The van der Waals surface area contributed by atoms with E-state index >= 15 is 0 Å². The summed E-state index contributed by atoms with van der Waals surface area (Å²) in [5, 5.41) is 17.9. The van der Waals surface area contributed by atoms with Crippen LogP contribution >= 0.6 is 0 Å². The van der Waals surface area contributed by atoms with Gasteiger partial charge >= 0.3 is 0 Å². The van der Waals surface area contributed by atoms with Gasteiger partial charge in [0.15, 0.2) is 11.5 Å². The first-order valence-electron chi connectivity index (χ1n) is 10.4. The van der Waals surface area contributed by atoms with Gasteiger partial charge in [-0.05, 0) is 44.7 Å². The van der Waals surface area contributed by atoms with Crippen LogP contribution in [0.15, 0.2) is 30.3 Å². The van der Waals surface area contributed by atoms with Crippen LogP contribution in [0.3, 0.4) is 0 Å². The molecule has 0 bridgehead atoms. The van der Waals surface area contributed by atoms with E-state index in [1.54, 1.807) is 0 Å². The van der Waals surface area contributed by atoms with Crippen molar-refractivity contribution in [1.29, 1.82) is 0 Å². The molecule has 3 aromatic rings. The average molecular weight is 391 g/mol. The van der Waals surface area contributed by atoms with Crippen molar-refractivity contribution >= 4 is 5.91 Å². The Morgan fingerprint density at radius 2 is 1.86 bits per heavy atom. The molecule has 5 rings (SSSR count). The summed E-state index contributed by atoms with van der Waals surface area (Å²) in [6, 6.07) is 9.63. The number of carbonyl (C=O) groups excluding carboxylic acids is 1. The van der Waals surface area contributed by atoms with Crippen LogP contribution in [0.5, 0.6) is 0 Å². The number of carbonyl (C=O) groups is 1. The third-order valence-electron chi connectivity index (χ3n) is 5.92. The van der Waals surface area contributed by atoms with Crippen LogP contribution in [0.25, 0.3) is 5.69 Å². The quantitative estimate of drug-likeness (QED) is 0.686. The number of benzene rings is 1. The first kappa shape index (κ1) is 18.0. The van der Waals surface area contributed by atoms with Gasteiger partial charge in [0, 0.05) is 19.5 Å². The van der Waals surface area contributed by atoms with Gasteiger partial charge in [-0.15, -0.1) is 15.3 Å². The fourth-order valence-electron chi connectivity index (χ4n) is 4.42. The molecule has 1 atom stereocenters. The highest BCUT2D eigenvalue weighted by molar-refractivity contribution is 5.93. The molecular formula is C21H25N7O. The van der Waals surface area contributed by atoms with Crippen LogP contribution in [-0.2, 0) is 13.0 Å². The Bertz CT molecular complexity index is 1020. The summed E-state index contributed by atoms with van der Waals surface area (Å²) in [7, 11) is 0. The Labute approximate surface area is 169 Å². The standard InChI is InChI=1S/C21H25N7O/c1-15-19(25-28(24-15)16-9-4-2-5-10-16)21(29)26-14-8-11-17(26)20-23-22-18-12-6-3-7-13-27(18)20/h2,4-5,9-10,17H,3,6-8,11-14H2,1H3/t17-/m0/s1. The first-order valence-corrected chi connectivity index (χ1v) is 10.4. The largest absolute Gasteiger partial charge is 0.327 e. The molecule has 2 aromatic heterocycles. The smallest absolute Gasteiger partial charge is 0.276 e.